The number of carbonyl (C=O) groups excluding carboxylic acids is 1. The van der Waals surface area contributed by atoms with Crippen molar-refractivity contribution < 1.29 is 9.53 Å². The number of hydrogen-bond donors (Lipinski definition) is 1. The summed E-state index contributed by atoms with van der Waals surface area (Å²) in [4.78, 5) is 23.8. The molecule has 0 spiro atoms. The number of aryl methyl sites for hydroxylation is 1. The Morgan fingerprint density at radius 1 is 0.973 bits per heavy atom. The summed E-state index contributed by atoms with van der Waals surface area (Å²) in [5.41, 5.74) is 4.12. The summed E-state index contributed by atoms with van der Waals surface area (Å²) >= 11 is 1.40. The minimum Gasteiger partial charge on any atom is -0.495 e. The number of benzene rings is 3. The Labute approximate surface area is 222 Å². The van der Waals surface area contributed by atoms with Crippen LogP contribution in [0.25, 0.3) is 0 Å². The molecule has 1 unspecified atom stereocenters. The number of carbonyl (C=O) groups is 1. The monoisotopic (exact) mass is 512 g/mol. The summed E-state index contributed by atoms with van der Waals surface area (Å²) < 4.78 is 5.46. The molecule has 1 fully saturated rings. The van der Waals surface area contributed by atoms with Crippen LogP contribution >= 0.6 is 11.3 Å². The largest absolute Gasteiger partial charge is 0.495 e. The highest BCUT2D eigenvalue weighted by Crippen LogP contribution is 2.32. The number of methoxy groups -OCH3 is 1. The molecule has 3 aromatic carbocycles. The fraction of sp³-hybridized carbons (Fsp3) is 0.267. The van der Waals surface area contributed by atoms with Crippen LogP contribution in [0.5, 0.6) is 5.75 Å². The van der Waals surface area contributed by atoms with Gasteiger partial charge in [-0.2, -0.15) is 0 Å². The quantitative estimate of drug-likeness (QED) is 0.325. The molecule has 4 aromatic rings. The summed E-state index contributed by atoms with van der Waals surface area (Å²) in [6, 6.07) is 28.8. The maximum absolute atomic E-state index is 13.9. The van der Waals surface area contributed by atoms with Crippen LogP contribution in [-0.4, -0.2) is 53.5 Å². The SMILES string of the molecule is COc1ccccc1Nc1nc(C)c(C(=O)N2CCN(Cc3ccccc3)CC2Cc2ccccc2)s1. The van der Waals surface area contributed by atoms with E-state index < -0.39 is 0 Å². The zero-order chi connectivity index (χ0) is 25.6. The van der Waals surface area contributed by atoms with E-state index in [0.717, 1.165) is 43.2 Å². The van der Waals surface area contributed by atoms with E-state index in [1.807, 2.05) is 43.3 Å². The Bertz CT molecular complexity index is 1330. The number of ether oxygens (including phenoxy) is 1. The van der Waals surface area contributed by atoms with Crippen molar-refractivity contribution in [1.82, 2.24) is 14.8 Å². The molecule has 2 heterocycles. The van der Waals surface area contributed by atoms with Crippen molar-refractivity contribution in [1.29, 1.82) is 0 Å². The van der Waals surface area contributed by atoms with Gasteiger partial charge in [0.05, 0.1) is 18.5 Å². The third-order valence-corrected chi connectivity index (χ3v) is 7.79. The fourth-order valence-electron chi connectivity index (χ4n) is 4.87. The normalized spacial score (nSPS) is 15.9. The number of hydrogen-bond acceptors (Lipinski definition) is 6. The van der Waals surface area contributed by atoms with Gasteiger partial charge in [-0.3, -0.25) is 9.69 Å². The highest BCUT2D eigenvalue weighted by Gasteiger charge is 2.33. The van der Waals surface area contributed by atoms with E-state index in [1.54, 1.807) is 7.11 Å². The zero-order valence-electron chi connectivity index (χ0n) is 21.3. The van der Waals surface area contributed by atoms with E-state index in [0.29, 0.717) is 16.6 Å². The number of para-hydroxylation sites is 2. The van der Waals surface area contributed by atoms with Crippen molar-refractivity contribution >= 4 is 28.1 Å². The molecule has 0 aliphatic carbocycles. The fourth-order valence-corrected chi connectivity index (χ4v) is 5.81. The van der Waals surface area contributed by atoms with Crippen LogP contribution in [0.4, 0.5) is 10.8 Å². The van der Waals surface area contributed by atoms with Crippen LogP contribution in [0.15, 0.2) is 84.9 Å². The number of amides is 1. The second-order valence-corrected chi connectivity index (χ2v) is 10.3. The van der Waals surface area contributed by atoms with Gasteiger partial charge in [0, 0.05) is 32.2 Å². The van der Waals surface area contributed by atoms with Crippen molar-refractivity contribution in [3.8, 4) is 5.75 Å². The average Bonchev–Trinajstić information content (AvgIpc) is 3.29. The number of aromatic nitrogens is 1. The van der Waals surface area contributed by atoms with Crippen molar-refractivity contribution in [3.05, 3.63) is 107 Å². The van der Waals surface area contributed by atoms with E-state index in [1.165, 1.54) is 22.5 Å². The first-order valence-electron chi connectivity index (χ1n) is 12.6. The van der Waals surface area contributed by atoms with Crippen LogP contribution in [0, 0.1) is 6.92 Å². The summed E-state index contributed by atoms with van der Waals surface area (Å²) in [5.74, 6) is 0.795. The van der Waals surface area contributed by atoms with Crippen LogP contribution in [0.1, 0.15) is 26.5 Å². The highest BCUT2D eigenvalue weighted by molar-refractivity contribution is 7.17. The lowest BCUT2D eigenvalue weighted by Gasteiger charge is -2.41. The lowest BCUT2D eigenvalue weighted by Crippen LogP contribution is -2.55. The molecule has 1 aliphatic heterocycles. The summed E-state index contributed by atoms with van der Waals surface area (Å²) in [6.45, 7) is 5.17. The van der Waals surface area contributed by atoms with Gasteiger partial charge >= 0.3 is 0 Å². The second kappa shape index (κ2) is 11.6. The lowest BCUT2D eigenvalue weighted by molar-refractivity contribution is 0.0442. The van der Waals surface area contributed by atoms with Crippen molar-refractivity contribution in [2.45, 2.75) is 25.9 Å². The molecular weight excluding hydrogens is 480 g/mol. The third-order valence-electron chi connectivity index (χ3n) is 6.73. The van der Waals surface area contributed by atoms with Gasteiger partial charge in [-0.05, 0) is 36.6 Å². The summed E-state index contributed by atoms with van der Waals surface area (Å²) in [7, 11) is 1.65. The maximum atomic E-state index is 13.9. The van der Waals surface area contributed by atoms with E-state index >= 15 is 0 Å². The van der Waals surface area contributed by atoms with Crippen LogP contribution in [0.3, 0.4) is 0 Å². The van der Waals surface area contributed by atoms with Crippen LogP contribution < -0.4 is 10.1 Å². The highest BCUT2D eigenvalue weighted by atomic mass is 32.1. The van der Waals surface area contributed by atoms with Gasteiger partial charge < -0.3 is 15.0 Å². The van der Waals surface area contributed by atoms with E-state index in [9.17, 15) is 4.79 Å². The molecule has 0 saturated carbocycles. The lowest BCUT2D eigenvalue weighted by atomic mass is 10.0. The molecule has 1 atom stereocenters. The van der Waals surface area contributed by atoms with Crippen LogP contribution in [-0.2, 0) is 13.0 Å². The standard InChI is InChI=1S/C30H32N4O2S/c1-22-28(37-30(31-22)32-26-15-9-10-16-27(26)36-2)29(35)34-18-17-33(20-24-13-7-4-8-14-24)21-25(34)19-23-11-5-3-6-12-23/h3-16,25H,17-21H2,1-2H3,(H,31,32). The Hall–Kier alpha value is -3.68. The van der Waals surface area contributed by atoms with Gasteiger partial charge in [-0.25, -0.2) is 4.98 Å². The van der Waals surface area contributed by atoms with E-state index in [-0.39, 0.29) is 11.9 Å². The molecule has 1 aliphatic rings. The Morgan fingerprint density at radius 2 is 1.65 bits per heavy atom. The number of nitrogens with one attached hydrogen (secondary N) is 1. The molecular formula is C30H32N4O2S. The van der Waals surface area contributed by atoms with Crippen LogP contribution in [0.2, 0.25) is 0 Å². The summed E-state index contributed by atoms with van der Waals surface area (Å²) in [6.07, 6.45) is 0.821. The molecule has 6 nitrogen and oxygen atoms in total. The Morgan fingerprint density at radius 3 is 2.38 bits per heavy atom. The Balaban J connectivity index is 1.36. The second-order valence-electron chi connectivity index (χ2n) is 9.32. The Kier molecular flexibility index (Phi) is 7.82. The average molecular weight is 513 g/mol. The molecule has 0 bridgehead atoms. The molecule has 7 heteroatoms. The van der Waals surface area contributed by atoms with Gasteiger partial charge in [0.25, 0.3) is 5.91 Å². The first kappa shape index (κ1) is 25.0. The smallest absolute Gasteiger partial charge is 0.266 e. The first-order chi connectivity index (χ1) is 18.1. The van der Waals surface area contributed by atoms with E-state index in [4.69, 9.17) is 4.74 Å². The molecule has 5 rings (SSSR count). The number of nitrogens with zero attached hydrogens (tertiary/aromatic N) is 3. The van der Waals surface area contributed by atoms with Crippen molar-refractivity contribution in [3.63, 3.8) is 0 Å². The molecule has 1 aromatic heterocycles. The topological polar surface area (TPSA) is 57.7 Å². The van der Waals surface area contributed by atoms with Gasteiger partial charge in [0.15, 0.2) is 5.13 Å². The van der Waals surface area contributed by atoms with E-state index in [2.05, 4.69) is 68.6 Å². The first-order valence-corrected chi connectivity index (χ1v) is 13.4. The minimum absolute atomic E-state index is 0.0587. The molecule has 190 valence electrons. The predicted molar refractivity (Wildman–Crippen MR) is 150 cm³/mol. The van der Waals surface area contributed by atoms with Crippen molar-refractivity contribution in [2.75, 3.05) is 32.1 Å². The molecule has 37 heavy (non-hydrogen) atoms. The molecule has 1 amide bonds. The molecule has 0 radical (unpaired) electrons. The number of thiazole rings is 1. The zero-order valence-corrected chi connectivity index (χ0v) is 22.1. The van der Waals surface area contributed by atoms with Gasteiger partial charge in [0.2, 0.25) is 0 Å². The predicted octanol–water partition coefficient (Wildman–Crippen LogP) is 5.77. The molecule has 1 saturated heterocycles. The maximum Gasteiger partial charge on any atom is 0.266 e. The summed E-state index contributed by atoms with van der Waals surface area (Å²) in [5, 5.41) is 4.02. The van der Waals surface area contributed by atoms with Gasteiger partial charge in [0.1, 0.15) is 10.6 Å². The van der Waals surface area contributed by atoms with Crippen molar-refractivity contribution in [2.24, 2.45) is 0 Å². The third kappa shape index (κ3) is 6.01. The van der Waals surface area contributed by atoms with Gasteiger partial charge in [-0.1, -0.05) is 84.1 Å². The van der Waals surface area contributed by atoms with Gasteiger partial charge in [-0.15, -0.1) is 0 Å². The number of rotatable bonds is 8. The number of piperazine rings is 1. The minimum atomic E-state index is 0.0587. The molecule has 1 N–H and O–H groups in total. The number of anilines is 2.